The third-order valence-corrected chi connectivity index (χ3v) is 6.79. The lowest BCUT2D eigenvalue weighted by Gasteiger charge is -2.27. The van der Waals surface area contributed by atoms with Crippen molar-refractivity contribution >= 4 is 35.5 Å². The average Bonchev–Trinajstić information content (AvgIpc) is 3.20. The summed E-state index contributed by atoms with van der Waals surface area (Å²) in [6.07, 6.45) is -3.99. The Hall–Kier alpha value is -2.60. The van der Waals surface area contributed by atoms with E-state index in [9.17, 15) is 27.6 Å². The molecule has 2 aliphatic heterocycles. The molecule has 2 N–H and O–H groups in total. The molecule has 2 amide bonds. The van der Waals surface area contributed by atoms with E-state index in [0.717, 1.165) is 27.5 Å². The minimum Gasteiger partial charge on any atom is -0.475 e. The molecule has 0 aliphatic carbocycles. The number of ether oxygens (including phenoxy) is 1. The Labute approximate surface area is 192 Å². The standard InChI is InChI=1S/C19H24N2O4S.C2HF3O2/c1-5-10-26-12-8-6-11(7-9-12)15-13-14(17(23)21(3)16(13)22)19(2,20-15)18(24)25-4;3-2(4,5)1(6)7/h6-9,13-15,20H,5,10H2,1-4H3;(H,6,7)/t13?,14?,15?,19-;/m1./s1. The number of thioether (sulfide) groups is 1. The molecule has 0 aromatic heterocycles. The van der Waals surface area contributed by atoms with E-state index in [1.54, 1.807) is 18.7 Å². The molecule has 0 radical (unpaired) electrons. The summed E-state index contributed by atoms with van der Waals surface area (Å²) in [5, 5.41) is 10.4. The van der Waals surface area contributed by atoms with Crippen molar-refractivity contribution in [3.05, 3.63) is 29.8 Å². The number of aliphatic carboxylic acids is 1. The highest BCUT2D eigenvalue weighted by Crippen LogP contribution is 2.48. The van der Waals surface area contributed by atoms with Gasteiger partial charge in [0, 0.05) is 18.0 Å². The highest BCUT2D eigenvalue weighted by molar-refractivity contribution is 7.99. The predicted molar refractivity (Wildman–Crippen MR) is 112 cm³/mol. The van der Waals surface area contributed by atoms with Gasteiger partial charge in [-0.2, -0.15) is 13.2 Å². The van der Waals surface area contributed by atoms with Crippen molar-refractivity contribution in [2.24, 2.45) is 11.8 Å². The second kappa shape index (κ2) is 10.1. The molecule has 1 aromatic rings. The van der Waals surface area contributed by atoms with Crippen molar-refractivity contribution in [2.45, 2.75) is 42.9 Å². The average molecular weight is 491 g/mol. The highest BCUT2D eigenvalue weighted by Gasteiger charge is 2.66. The maximum atomic E-state index is 12.7. The van der Waals surface area contributed by atoms with Crippen molar-refractivity contribution < 1.29 is 42.2 Å². The number of nitrogens with zero attached hydrogens (tertiary/aromatic N) is 1. The molecule has 12 heteroatoms. The maximum Gasteiger partial charge on any atom is 0.490 e. The quantitative estimate of drug-likeness (QED) is 0.368. The molecule has 2 fully saturated rings. The Kier molecular flexibility index (Phi) is 8.18. The molecule has 4 atom stereocenters. The summed E-state index contributed by atoms with van der Waals surface area (Å²) >= 11 is 1.78. The van der Waals surface area contributed by atoms with Gasteiger partial charge in [0.15, 0.2) is 0 Å². The van der Waals surface area contributed by atoms with Crippen molar-refractivity contribution in [1.82, 2.24) is 10.2 Å². The van der Waals surface area contributed by atoms with Crippen LogP contribution in [0, 0.1) is 11.8 Å². The number of esters is 1. The first-order valence-electron chi connectivity index (χ1n) is 10.00. The molecule has 8 nitrogen and oxygen atoms in total. The third-order valence-electron chi connectivity index (χ3n) is 5.57. The van der Waals surface area contributed by atoms with Crippen molar-refractivity contribution in [3.8, 4) is 0 Å². The fraction of sp³-hybridized carbons (Fsp3) is 0.524. The number of imide groups is 1. The summed E-state index contributed by atoms with van der Waals surface area (Å²) in [5.41, 5.74) is -0.332. The van der Waals surface area contributed by atoms with Gasteiger partial charge in [0.1, 0.15) is 5.54 Å². The number of carboxylic acid groups (broad SMARTS) is 1. The number of amides is 2. The maximum absolute atomic E-state index is 12.7. The molecule has 182 valence electrons. The summed E-state index contributed by atoms with van der Waals surface area (Å²) in [7, 11) is 2.77. The van der Waals surface area contributed by atoms with Crippen LogP contribution in [-0.4, -0.2) is 65.4 Å². The van der Waals surface area contributed by atoms with Gasteiger partial charge in [0.25, 0.3) is 0 Å². The van der Waals surface area contributed by atoms with Crippen LogP contribution in [0.1, 0.15) is 31.9 Å². The van der Waals surface area contributed by atoms with Crippen LogP contribution in [0.15, 0.2) is 29.2 Å². The zero-order valence-corrected chi connectivity index (χ0v) is 19.2. The number of methoxy groups -OCH3 is 1. The zero-order valence-electron chi connectivity index (χ0n) is 18.4. The third kappa shape index (κ3) is 5.32. The summed E-state index contributed by atoms with van der Waals surface area (Å²) in [4.78, 5) is 48.9. The molecule has 3 unspecified atom stereocenters. The molecule has 0 spiro atoms. The normalized spacial score (nSPS) is 26.5. The van der Waals surface area contributed by atoms with Gasteiger partial charge in [0.2, 0.25) is 11.8 Å². The Bertz CT molecular complexity index is 924. The van der Waals surface area contributed by atoms with Gasteiger partial charge in [-0.05, 0) is 36.8 Å². The number of hydrogen-bond acceptors (Lipinski definition) is 7. The molecule has 2 heterocycles. The van der Waals surface area contributed by atoms with Gasteiger partial charge >= 0.3 is 18.1 Å². The lowest BCUT2D eigenvalue weighted by molar-refractivity contribution is -0.192. The SMILES string of the molecule is CCCSc1ccc(C2N[C@@](C)(C(=O)OC)C3C(=O)N(C)C(=O)C23)cc1.O=C(O)C(F)(F)F. The number of benzene rings is 1. The lowest BCUT2D eigenvalue weighted by Crippen LogP contribution is -2.53. The fourth-order valence-electron chi connectivity index (χ4n) is 3.96. The van der Waals surface area contributed by atoms with Crippen LogP contribution in [0.25, 0.3) is 0 Å². The number of fused-ring (bicyclic) bond motifs is 1. The molecule has 2 saturated heterocycles. The van der Waals surface area contributed by atoms with Crippen LogP contribution in [0.4, 0.5) is 13.2 Å². The number of carbonyl (C=O) groups is 4. The summed E-state index contributed by atoms with van der Waals surface area (Å²) in [6.45, 7) is 3.78. The predicted octanol–water partition coefficient (Wildman–Crippen LogP) is 2.63. The summed E-state index contributed by atoms with van der Waals surface area (Å²) in [5.74, 6) is -4.19. The van der Waals surface area contributed by atoms with E-state index in [1.165, 1.54) is 14.2 Å². The Morgan fingerprint density at radius 3 is 2.21 bits per heavy atom. The Morgan fingerprint density at radius 1 is 1.21 bits per heavy atom. The van der Waals surface area contributed by atoms with E-state index in [4.69, 9.17) is 14.6 Å². The largest absolute Gasteiger partial charge is 0.490 e. The van der Waals surface area contributed by atoms with Crippen LogP contribution in [0.5, 0.6) is 0 Å². The van der Waals surface area contributed by atoms with Crippen molar-refractivity contribution in [2.75, 3.05) is 19.9 Å². The van der Waals surface area contributed by atoms with Crippen LogP contribution in [-0.2, 0) is 23.9 Å². The number of likely N-dealkylation sites (tertiary alicyclic amines) is 1. The van der Waals surface area contributed by atoms with Gasteiger partial charge < -0.3 is 9.84 Å². The Morgan fingerprint density at radius 2 is 1.76 bits per heavy atom. The number of carboxylic acids is 1. The fourth-order valence-corrected chi connectivity index (χ4v) is 4.73. The Balaban J connectivity index is 0.000000479. The minimum absolute atomic E-state index is 0.255. The molecule has 33 heavy (non-hydrogen) atoms. The smallest absolute Gasteiger partial charge is 0.475 e. The van der Waals surface area contributed by atoms with Crippen molar-refractivity contribution in [1.29, 1.82) is 0 Å². The molecular weight excluding hydrogens is 465 g/mol. The number of hydrogen-bond donors (Lipinski definition) is 2. The van der Waals surface area contributed by atoms with Gasteiger partial charge in [-0.1, -0.05) is 19.1 Å². The number of rotatable bonds is 5. The molecule has 3 rings (SSSR count). The second-order valence-electron chi connectivity index (χ2n) is 7.78. The van der Waals surface area contributed by atoms with E-state index in [-0.39, 0.29) is 11.8 Å². The molecule has 0 bridgehead atoms. The number of alkyl halides is 3. The highest BCUT2D eigenvalue weighted by atomic mass is 32.2. The van der Waals surface area contributed by atoms with Crippen molar-refractivity contribution in [3.63, 3.8) is 0 Å². The van der Waals surface area contributed by atoms with E-state index >= 15 is 0 Å². The second-order valence-corrected chi connectivity index (χ2v) is 8.94. The van der Waals surface area contributed by atoms with Gasteiger partial charge in [-0.3, -0.25) is 24.6 Å². The first-order valence-corrected chi connectivity index (χ1v) is 11.0. The first-order chi connectivity index (χ1) is 15.3. The first kappa shape index (κ1) is 26.7. The van der Waals surface area contributed by atoms with Gasteiger partial charge in [-0.15, -0.1) is 11.8 Å². The van der Waals surface area contributed by atoms with E-state index in [2.05, 4.69) is 12.2 Å². The van der Waals surface area contributed by atoms with Gasteiger partial charge in [0.05, 0.1) is 18.9 Å². The van der Waals surface area contributed by atoms with E-state index < -0.39 is 41.5 Å². The monoisotopic (exact) mass is 490 g/mol. The lowest BCUT2D eigenvalue weighted by atomic mass is 9.80. The summed E-state index contributed by atoms with van der Waals surface area (Å²) < 4.78 is 36.7. The number of halogens is 3. The summed E-state index contributed by atoms with van der Waals surface area (Å²) in [6, 6.07) is 7.56. The van der Waals surface area contributed by atoms with E-state index in [0.29, 0.717) is 0 Å². The molecular formula is C21H25F3N2O6S. The topological polar surface area (TPSA) is 113 Å². The van der Waals surface area contributed by atoms with Crippen LogP contribution >= 0.6 is 11.8 Å². The molecule has 1 aromatic carbocycles. The molecule has 0 saturated carbocycles. The number of carbonyl (C=O) groups excluding carboxylic acids is 3. The van der Waals surface area contributed by atoms with Crippen LogP contribution in [0.3, 0.4) is 0 Å². The van der Waals surface area contributed by atoms with Crippen LogP contribution < -0.4 is 5.32 Å². The van der Waals surface area contributed by atoms with E-state index in [1.807, 2.05) is 24.3 Å². The number of nitrogens with one attached hydrogen (secondary N) is 1. The zero-order chi connectivity index (χ0) is 25.1. The van der Waals surface area contributed by atoms with Crippen LogP contribution in [0.2, 0.25) is 0 Å². The molecule has 2 aliphatic rings. The minimum atomic E-state index is -5.08. The van der Waals surface area contributed by atoms with Gasteiger partial charge in [-0.25, -0.2) is 4.79 Å².